The molecule has 0 radical (unpaired) electrons. The minimum atomic E-state index is -4.71. The Morgan fingerprint density at radius 2 is 1.14 bits per heavy atom. The predicted octanol–water partition coefficient (Wildman–Crippen LogP) is -1.71. The van der Waals surface area contributed by atoms with Crippen molar-refractivity contribution in [2.75, 3.05) is 0 Å². The van der Waals surface area contributed by atoms with Gasteiger partial charge in [0.1, 0.15) is 0 Å². The summed E-state index contributed by atoms with van der Waals surface area (Å²) >= 11 is -5.29. The second-order valence-corrected chi connectivity index (χ2v) is 5.97. The molecule has 88 valence electrons. The standard InChI is InChI=1S/2H2O5S2/c1-6(2)7(3,4)5;1-6(2)5-7(3)4/h(H,1,2)(H,3,4,5);(H,1,2)(H,3,4). The molecule has 0 aromatic rings. The van der Waals surface area contributed by atoms with Gasteiger partial charge in [-0.15, -0.1) is 3.63 Å². The largest absolute Gasteiger partial charge is 0.373 e. The Balaban J connectivity index is 0. The van der Waals surface area contributed by atoms with E-state index in [9.17, 15) is 21.0 Å². The van der Waals surface area contributed by atoms with E-state index >= 15 is 0 Å². The van der Waals surface area contributed by atoms with Crippen LogP contribution < -0.4 is 0 Å². The topological polar surface area (TPSA) is 176 Å². The Bertz CT molecular complexity index is 308. The summed E-state index contributed by atoms with van der Waals surface area (Å²) in [5, 5.41) is 0. The summed E-state index contributed by atoms with van der Waals surface area (Å²) in [5.41, 5.74) is 0. The summed E-state index contributed by atoms with van der Waals surface area (Å²) in [6.07, 6.45) is 0. The first-order chi connectivity index (χ1) is 6.07. The highest BCUT2D eigenvalue weighted by Gasteiger charge is 2.10. The predicted molar refractivity (Wildman–Crippen MR) is 44.9 cm³/mol. The Labute approximate surface area is 85.1 Å². The van der Waals surface area contributed by atoms with Gasteiger partial charge < -0.3 is 0 Å². The molecule has 14 heteroatoms. The Morgan fingerprint density at radius 3 is 1.14 bits per heavy atom. The van der Waals surface area contributed by atoms with Crippen molar-refractivity contribution in [1.29, 1.82) is 0 Å². The molecule has 0 aliphatic heterocycles. The SMILES string of the molecule is O=S(O)OS(=O)O.O=S(O)S(=O)(=O)O. The summed E-state index contributed by atoms with van der Waals surface area (Å²) in [6.45, 7) is 0. The fraction of sp³-hybridized carbons (Fsp3) is 0. The third-order valence-corrected chi connectivity index (χ3v) is 2.67. The molecule has 0 heterocycles. The van der Waals surface area contributed by atoms with Crippen LogP contribution >= 0.6 is 0 Å². The molecular weight excluding hydrogens is 288 g/mol. The summed E-state index contributed by atoms with van der Waals surface area (Å²) < 4.78 is 80.2. The van der Waals surface area contributed by atoms with Crippen LogP contribution in [0.3, 0.4) is 0 Å². The lowest BCUT2D eigenvalue weighted by atomic mass is 15.8. The van der Waals surface area contributed by atoms with Gasteiger partial charge in [-0.25, -0.2) is 4.21 Å². The van der Waals surface area contributed by atoms with Crippen LogP contribution in [-0.2, 0) is 45.6 Å². The number of hydrogen-bond acceptors (Lipinski definition) is 6. The Morgan fingerprint density at radius 1 is 0.929 bits per heavy atom. The van der Waals surface area contributed by atoms with Crippen LogP contribution in [0.25, 0.3) is 0 Å². The van der Waals surface area contributed by atoms with Gasteiger partial charge in [-0.3, -0.25) is 18.2 Å². The zero-order chi connectivity index (χ0) is 11.9. The van der Waals surface area contributed by atoms with Crippen LogP contribution in [-0.4, -0.2) is 39.3 Å². The smallest absolute Gasteiger partial charge is 0.292 e. The minimum absolute atomic E-state index is 2.65. The van der Waals surface area contributed by atoms with E-state index in [2.05, 4.69) is 3.63 Å². The van der Waals surface area contributed by atoms with Gasteiger partial charge in [-0.1, -0.05) is 0 Å². The van der Waals surface area contributed by atoms with Crippen molar-refractivity contribution in [2.24, 2.45) is 0 Å². The maximum atomic E-state index is 9.35. The molecule has 0 spiro atoms. The third kappa shape index (κ3) is 14.7. The molecule has 0 aliphatic carbocycles. The second kappa shape index (κ2) is 7.49. The van der Waals surface area contributed by atoms with Crippen LogP contribution in [0.15, 0.2) is 0 Å². The van der Waals surface area contributed by atoms with Crippen molar-refractivity contribution < 1.29 is 42.9 Å². The molecule has 10 nitrogen and oxygen atoms in total. The maximum Gasteiger partial charge on any atom is 0.373 e. The Kier molecular flexibility index (Phi) is 8.89. The molecule has 14 heavy (non-hydrogen) atoms. The fourth-order valence-electron chi connectivity index (χ4n) is 0.0498. The molecule has 0 bridgehead atoms. The van der Waals surface area contributed by atoms with Crippen LogP contribution in [0.4, 0.5) is 0 Å². The summed E-state index contributed by atoms with van der Waals surface area (Å²) in [5.74, 6) is 0. The molecule has 1 unspecified atom stereocenters. The molecule has 0 aliphatic rings. The third-order valence-electron chi connectivity index (χ3n) is 0.297. The van der Waals surface area contributed by atoms with Gasteiger partial charge in [-0.2, -0.15) is 16.8 Å². The van der Waals surface area contributed by atoms with Crippen molar-refractivity contribution in [3.05, 3.63) is 0 Å². The van der Waals surface area contributed by atoms with Gasteiger partial charge >= 0.3 is 42.0 Å². The summed E-state index contributed by atoms with van der Waals surface area (Å²) in [7, 11) is -7.87. The molecule has 0 saturated carbocycles. The average molecular weight is 292 g/mol. The quantitative estimate of drug-likeness (QED) is 0.266. The van der Waals surface area contributed by atoms with E-state index in [-0.39, 0.29) is 0 Å². The molecule has 0 aromatic heterocycles. The monoisotopic (exact) mass is 292 g/mol. The maximum absolute atomic E-state index is 9.35. The van der Waals surface area contributed by atoms with Gasteiger partial charge in [0.2, 0.25) is 0 Å². The van der Waals surface area contributed by atoms with E-state index < -0.39 is 42.0 Å². The van der Waals surface area contributed by atoms with Crippen LogP contribution in [0, 0.1) is 0 Å². The summed E-state index contributed by atoms with van der Waals surface area (Å²) in [6, 6.07) is 0. The van der Waals surface area contributed by atoms with E-state index in [0.29, 0.717) is 0 Å². The minimum Gasteiger partial charge on any atom is -0.292 e. The molecule has 0 rings (SSSR count). The lowest BCUT2D eigenvalue weighted by molar-refractivity contribution is 0.427. The number of rotatable bonds is 3. The highest BCUT2D eigenvalue weighted by molar-refractivity contribution is 8.59. The van der Waals surface area contributed by atoms with E-state index in [4.69, 9.17) is 18.2 Å². The second-order valence-electron chi connectivity index (χ2n) is 1.15. The molecule has 4 N–H and O–H groups in total. The van der Waals surface area contributed by atoms with Gasteiger partial charge in [0, 0.05) is 0 Å². The van der Waals surface area contributed by atoms with Crippen LogP contribution in [0.5, 0.6) is 0 Å². The highest BCUT2D eigenvalue weighted by Crippen LogP contribution is 1.83. The van der Waals surface area contributed by atoms with Gasteiger partial charge in [0.05, 0.1) is 0 Å². The highest BCUT2D eigenvalue weighted by atomic mass is 33.2. The molecule has 0 saturated heterocycles. The van der Waals surface area contributed by atoms with Crippen molar-refractivity contribution >= 4 is 42.0 Å². The molecule has 1 atom stereocenters. The lowest BCUT2D eigenvalue weighted by Gasteiger charge is -1.82. The summed E-state index contributed by atoms with van der Waals surface area (Å²) in [4.78, 5) is 0. The van der Waals surface area contributed by atoms with E-state index in [1.165, 1.54) is 0 Å². The van der Waals surface area contributed by atoms with E-state index in [1.54, 1.807) is 0 Å². The van der Waals surface area contributed by atoms with Gasteiger partial charge in [0.15, 0.2) is 0 Å². The van der Waals surface area contributed by atoms with Gasteiger partial charge in [-0.05, 0) is 0 Å². The Hall–Kier alpha value is 0.200. The molecule has 0 amide bonds. The van der Waals surface area contributed by atoms with Crippen molar-refractivity contribution in [1.82, 2.24) is 0 Å². The van der Waals surface area contributed by atoms with Gasteiger partial charge in [0.25, 0.3) is 0 Å². The molecular formula is H4O10S4. The van der Waals surface area contributed by atoms with E-state index in [1.807, 2.05) is 0 Å². The molecule has 0 fully saturated rings. The lowest BCUT2D eigenvalue weighted by Crippen LogP contribution is -2.03. The van der Waals surface area contributed by atoms with Crippen molar-refractivity contribution in [2.45, 2.75) is 0 Å². The van der Waals surface area contributed by atoms with E-state index in [0.717, 1.165) is 0 Å². The normalized spacial score (nSPS) is 17.4. The zero-order valence-electron chi connectivity index (χ0n) is 5.87. The molecule has 0 aromatic carbocycles. The first-order valence-electron chi connectivity index (χ1n) is 2.06. The number of hydrogen-bond donors (Lipinski definition) is 4. The van der Waals surface area contributed by atoms with Crippen molar-refractivity contribution in [3.8, 4) is 0 Å². The van der Waals surface area contributed by atoms with Crippen LogP contribution in [0.1, 0.15) is 0 Å². The fourth-order valence-corrected chi connectivity index (χ4v) is 0.448. The first kappa shape index (κ1) is 16.6. The van der Waals surface area contributed by atoms with Crippen molar-refractivity contribution in [3.63, 3.8) is 0 Å². The zero-order valence-corrected chi connectivity index (χ0v) is 9.14. The average Bonchev–Trinajstić information content (AvgIpc) is 1.81. The van der Waals surface area contributed by atoms with Crippen LogP contribution in [0.2, 0.25) is 0 Å². The first-order valence-corrected chi connectivity index (χ1v) is 7.19.